The van der Waals surface area contributed by atoms with Gasteiger partial charge in [-0.3, -0.25) is 0 Å². The normalized spacial score (nSPS) is 11.2. The second-order valence-corrected chi connectivity index (χ2v) is 18.0. The smallest absolute Gasteiger partial charge is 0.164 e. The third-order valence-electron chi connectivity index (χ3n) is 13.3. The van der Waals surface area contributed by atoms with Crippen LogP contribution in [0.2, 0.25) is 0 Å². The summed E-state index contributed by atoms with van der Waals surface area (Å²) in [6.07, 6.45) is 0. The zero-order valence-corrected chi connectivity index (χ0v) is 40.2. The molecule has 9 nitrogen and oxygen atoms in total. The Bertz CT molecular complexity index is 3950. The van der Waals surface area contributed by atoms with Crippen molar-refractivity contribution in [1.29, 1.82) is 5.26 Å². The van der Waals surface area contributed by atoms with Crippen LogP contribution in [0, 0.1) is 11.3 Å². The first-order valence-electron chi connectivity index (χ1n) is 24.6. The van der Waals surface area contributed by atoms with E-state index in [1.54, 1.807) is 0 Å². The standard InChI is InChI=1S/C66H41N9/c67-42-43-37-53(58-41-57(46-25-11-3-12-26-46)68-62(71-58)47-27-13-4-14-28-47)61(54(38-43)66-69-55(44-21-7-1-8-22-44)40-56(70-66)45-23-9-2-10-24-45)75-59-34-20-19-33-51(59)52-39-50(35-36-60(52)75)65-73-63(48-29-15-5-16-30-48)72-64(74-65)49-31-17-6-18-32-49/h1-41H. The lowest BCUT2D eigenvalue weighted by atomic mass is 9.97. The maximum absolute atomic E-state index is 11.1. The molecule has 0 amide bonds. The van der Waals surface area contributed by atoms with Gasteiger partial charge in [0.25, 0.3) is 0 Å². The lowest BCUT2D eigenvalue weighted by Crippen LogP contribution is -2.06. The Kier molecular flexibility index (Phi) is 11.4. The van der Waals surface area contributed by atoms with Gasteiger partial charge in [-0.05, 0) is 48.5 Å². The summed E-state index contributed by atoms with van der Waals surface area (Å²) < 4.78 is 2.27. The van der Waals surface area contributed by atoms with E-state index in [2.05, 4.69) is 89.5 Å². The first kappa shape index (κ1) is 44.4. The van der Waals surface area contributed by atoms with Gasteiger partial charge in [0.1, 0.15) is 0 Å². The van der Waals surface area contributed by atoms with Gasteiger partial charge < -0.3 is 4.57 Å². The summed E-state index contributed by atoms with van der Waals surface area (Å²) in [4.78, 5) is 36.6. The fourth-order valence-corrected chi connectivity index (χ4v) is 9.74. The van der Waals surface area contributed by atoms with Gasteiger partial charge in [-0.2, -0.15) is 5.26 Å². The number of nitriles is 1. The molecule has 13 aromatic rings. The van der Waals surface area contributed by atoms with E-state index in [9.17, 15) is 5.26 Å². The highest BCUT2D eigenvalue weighted by molar-refractivity contribution is 6.11. The SMILES string of the molecule is N#Cc1cc(-c2cc(-c3ccccc3)nc(-c3ccccc3)n2)c(-n2c3ccccc3c3cc(-c4nc(-c5ccccc5)nc(-c5ccccc5)n4)ccc32)c(-c2nc(-c3ccccc3)cc(-c3ccccc3)n2)c1. The number of fused-ring (bicyclic) bond motifs is 3. The Hall–Kier alpha value is -10.6. The molecule has 9 heteroatoms. The minimum absolute atomic E-state index is 0.418. The minimum atomic E-state index is 0.418. The lowest BCUT2D eigenvalue weighted by Gasteiger charge is -2.20. The highest BCUT2D eigenvalue weighted by Gasteiger charge is 2.26. The highest BCUT2D eigenvalue weighted by atomic mass is 15.0. The summed E-state index contributed by atoms with van der Waals surface area (Å²) in [5.74, 6) is 2.69. The molecule has 0 saturated heterocycles. The van der Waals surface area contributed by atoms with Crippen LogP contribution in [0.5, 0.6) is 0 Å². The molecule has 0 N–H and O–H groups in total. The number of hydrogen-bond acceptors (Lipinski definition) is 8. The summed E-state index contributed by atoms with van der Waals surface area (Å²) >= 11 is 0. The molecule has 13 rings (SSSR count). The molecule has 0 aliphatic rings. The average molecular weight is 960 g/mol. The molecule has 0 saturated carbocycles. The molecule has 0 spiro atoms. The lowest BCUT2D eigenvalue weighted by molar-refractivity contribution is 1.07. The molecule has 0 aliphatic carbocycles. The van der Waals surface area contributed by atoms with Gasteiger partial charge in [0.05, 0.1) is 51.1 Å². The first-order valence-corrected chi connectivity index (χ1v) is 24.6. The van der Waals surface area contributed by atoms with E-state index in [4.69, 9.17) is 34.9 Å². The molecule has 0 atom stereocenters. The fraction of sp³-hybridized carbons (Fsp3) is 0. The maximum Gasteiger partial charge on any atom is 0.164 e. The van der Waals surface area contributed by atoms with Crippen LogP contribution in [0.3, 0.4) is 0 Å². The fourth-order valence-electron chi connectivity index (χ4n) is 9.74. The van der Waals surface area contributed by atoms with E-state index in [1.165, 1.54) is 0 Å². The summed E-state index contributed by atoms with van der Waals surface area (Å²) in [7, 11) is 0. The van der Waals surface area contributed by atoms with Gasteiger partial charge in [-0.25, -0.2) is 34.9 Å². The van der Waals surface area contributed by atoms with E-state index in [0.717, 1.165) is 83.5 Å². The highest BCUT2D eigenvalue weighted by Crippen LogP contribution is 2.44. The number of benzene rings is 9. The number of para-hydroxylation sites is 1. The molecule has 75 heavy (non-hydrogen) atoms. The van der Waals surface area contributed by atoms with Gasteiger partial charge in [0.2, 0.25) is 0 Å². The van der Waals surface area contributed by atoms with Crippen molar-refractivity contribution in [2.75, 3.05) is 0 Å². The summed E-state index contributed by atoms with van der Waals surface area (Å²) in [6, 6.07) is 85.5. The van der Waals surface area contributed by atoms with Crippen molar-refractivity contribution in [3.05, 3.63) is 254 Å². The largest absolute Gasteiger partial charge is 0.308 e. The Morgan fingerprint density at radius 2 is 0.653 bits per heavy atom. The molecular formula is C66H41N9. The van der Waals surface area contributed by atoms with E-state index < -0.39 is 0 Å². The van der Waals surface area contributed by atoms with E-state index in [1.807, 2.05) is 170 Å². The first-order chi connectivity index (χ1) is 37.1. The third kappa shape index (κ3) is 8.54. The van der Waals surface area contributed by atoms with Gasteiger partial charge in [-0.15, -0.1) is 0 Å². The molecule has 0 unspecified atom stereocenters. The zero-order chi connectivity index (χ0) is 50.1. The third-order valence-corrected chi connectivity index (χ3v) is 13.3. The van der Waals surface area contributed by atoms with E-state index in [-0.39, 0.29) is 0 Å². The zero-order valence-electron chi connectivity index (χ0n) is 40.2. The van der Waals surface area contributed by atoms with E-state index >= 15 is 0 Å². The molecule has 4 heterocycles. The van der Waals surface area contributed by atoms with Crippen LogP contribution < -0.4 is 0 Å². The molecule has 9 aromatic carbocycles. The second kappa shape index (κ2) is 19.2. The topological polar surface area (TPSA) is 119 Å². The van der Waals surface area contributed by atoms with Crippen molar-refractivity contribution in [3.63, 3.8) is 0 Å². The summed E-state index contributed by atoms with van der Waals surface area (Å²) in [6.45, 7) is 0. The number of aromatic nitrogens is 8. The molecule has 350 valence electrons. The van der Waals surface area contributed by atoms with Crippen LogP contribution in [0.25, 0.3) is 129 Å². The van der Waals surface area contributed by atoms with E-state index in [0.29, 0.717) is 51.5 Å². The second-order valence-electron chi connectivity index (χ2n) is 18.0. The minimum Gasteiger partial charge on any atom is -0.308 e. The van der Waals surface area contributed by atoms with Gasteiger partial charge in [0, 0.05) is 60.8 Å². The Labute approximate surface area is 432 Å². The van der Waals surface area contributed by atoms with Crippen LogP contribution >= 0.6 is 0 Å². The van der Waals surface area contributed by atoms with Crippen molar-refractivity contribution in [1.82, 2.24) is 39.5 Å². The Morgan fingerprint density at radius 1 is 0.280 bits per heavy atom. The summed E-state index contributed by atoms with van der Waals surface area (Å²) in [5.41, 5.74) is 13.4. The maximum atomic E-state index is 11.1. The quantitative estimate of drug-likeness (QED) is 0.133. The van der Waals surface area contributed by atoms with Crippen molar-refractivity contribution in [3.8, 4) is 114 Å². The molecule has 0 aliphatic heterocycles. The van der Waals surface area contributed by atoms with Crippen LogP contribution in [-0.4, -0.2) is 39.5 Å². The van der Waals surface area contributed by atoms with Crippen molar-refractivity contribution in [2.45, 2.75) is 0 Å². The number of hydrogen-bond donors (Lipinski definition) is 0. The van der Waals surface area contributed by atoms with Gasteiger partial charge in [-0.1, -0.05) is 200 Å². The average Bonchev–Trinajstić information content (AvgIpc) is 3.85. The molecule has 0 bridgehead atoms. The van der Waals surface area contributed by atoms with Crippen molar-refractivity contribution in [2.24, 2.45) is 0 Å². The van der Waals surface area contributed by atoms with Crippen LogP contribution in [0.15, 0.2) is 249 Å². The van der Waals surface area contributed by atoms with Gasteiger partial charge in [0.15, 0.2) is 29.1 Å². The van der Waals surface area contributed by atoms with Crippen molar-refractivity contribution < 1.29 is 0 Å². The number of rotatable bonds is 10. The van der Waals surface area contributed by atoms with Crippen LogP contribution in [-0.2, 0) is 0 Å². The predicted octanol–water partition coefficient (Wildman–Crippen LogP) is 15.4. The molecule has 4 aromatic heterocycles. The van der Waals surface area contributed by atoms with Crippen molar-refractivity contribution >= 4 is 21.8 Å². The molecule has 0 radical (unpaired) electrons. The number of nitrogens with zero attached hydrogens (tertiary/aromatic N) is 9. The molecule has 0 fully saturated rings. The predicted molar refractivity (Wildman–Crippen MR) is 299 cm³/mol. The van der Waals surface area contributed by atoms with Crippen LogP contribution in [0.4, 0.5) is 0 Å². The van der Waals surface area contributed by atoms with Gasteiger partial charge >= 0.3 is 0 Å². The Balaban J connectivity index is 1.12. The monoisotopic (exact) mass is 959 g/mol. The Morgan fingerprint density at radius 3 is 1.15 bits per heavy atom. The van der Waals surface area contributed by atoms with Crippen LogP contribution in [0.1, 0.15) is 5.56 Å². The summed E-state index contributed by atoms with van der Waals surface area (Å²) in [5, 5.41) is 13.0. The molecular weight excluding hydrogens is 919 g/mol.